The number of rotatable bonds is 8. The fraction of sp³-hybridized carbons (Fsp3) is 0.200. The number of benzene rings is 2. The Bertz CT molecular complexity index is 1220. The van der Waals surface area contributed by atoms with Gasteiger partial charge in [-0.1, -0.05) is 24.3 Å². The van der Waals surface area contributed by atoms with Crippen molar-refractivity contribution in [3.63, 3.8) is 0 Å². The number of aliphatic hydroxyl groups excluding tert-OH is 2. The van der Waals surface area contributed by atoms with Gasteiger partial charge in [0.1, 0.15) is 17.4 Å². The highest BCUT2D eigenvalue weighted by atomic mass is 19.1. The molecule has 0 aliphatic heterocycles. The number of methoxy groups -OCH3 is 1. The van der Waals surface area contributed by atoms with Gasteiger partial charge in [-0.05, 0) is 60.4 Å². The number of carbonyl (C=O) groups is 1. The molecule has 1 unspecified atom stereocenters. The van der Waals surface area contributed by atoms with Crippen molar-refractivity contribution in [3.05, 3.63) is 99.2 Å². The number of hydrogen-bond acceptors (Lipinski definition) is 5. The van der Waals surface area contributed by atoms with Crippen molar-refractivity contribution in [2.75, 3.05) is 13.7 Å². The van der Waals surface area contributed by atoms with Gasteiger partial charge >= 0.3 is 0 Å². The summed E-state index contributed by atoms with van der Waals surface area (Å²) >= 11 is 0. The quantitative estimate of drug-likeness (QED) is 0.413. The molecule has 0 aromatic heterocycles. The molecule has 0 aliphatic rings. The molecule has 0 spiro atoms. The highest BCUT2D eigenvalue weighted by molar-refractivity contribution is 6.06. The second-order valence-electron chi connectivity index (χ2n) is 7.24. The van der Waals surface area contributed by atoms with Crippen molar-refractivity contribution in [2.24, 2.45) is 0 Å². The molecule has 3 aromatic carbocycles. The van der Waals surface area contributed by atoms with Gasteiger partial charge in [0.05, 0.1) is 30.8 Å². The summed E-state index contributed by atoms with van der Waals surface area (Å²) in [5, 5.41) is 17.6. The van der Waals surface area contributed by atoms with Crippen molar-refractivity contribution in [3.8, 4) is 5.75 Å². The third-order valence-electron chi connectivity index (χ3n) is 5.05. The summed E-state index contributed by atoms with van der Waals surface area (Å²) in [6.45, 7) is -0.477. The first-order chi connectivity index (χ1) is 15.3. The largest absolute Gasteiger partial charge is 0.497 e. The van der Waals surface area contributed by atoms with Crippen LogP contribution in [-0.2, 0) is 6.42 Å². The number of allylic oxidation sites excluding steroid dienone is 1. The van der Waals surface area contributed by atoms with E-state index >= 15 is 0 Å². The second kappa shape index (κ2) is 10.3. The predicted molar refractivity (Wildman–Crippen MR) is 117 cm³/mol. The number of ketones is 1. The Balaban J connectivity index is 2.14. The Hall–Kier alpha value is -3.42. The smallest absolute Gasteiger partial charge is 0.200 e. The van der Waals surface area contributed by atoms with E-state index in [4.69, 9.17) is 9.84 Å². The van der Waals surface area contributed by atoms with Crippen LogP contribution in [0.5, 0.6) is 5.75 Å². The van der Waals surface area contributed by atoms with E-state index in [-0.39, 0.29) is 23.8 Å². The average molecular weight is 440 g/mol. The van der Waals surface area contributed by atoms with Gasteiger partial charge in [-0.15, -0.1) is 0 Å². The number of fused-ring (bicyclic) bond motifs is 1. The van der Waals surface area contributed by atoms with Gasteiger partial charge in [0.15, 0.2) is 5.78 Å². The number of halogens is 2. The zero-order valence-electron chi connectivity index (χ0n) is 17.3. The Labute approximate surface area is 183 Å². The first-order valence-electron chi connectivity index (χ1n) is 9.92. The summed E-state index contributed by atoms with van der Waals surface area (Å²) in [4.78, 5) is 25.6. The van der Waals surface area contributed by atoms with Gasteiger partial charge < -0.3 is 14.9 Å². The van der Waals surface area contributed by atoms with E-state index in [9.17, 15) is 23.5 Å². The van der Waals surface area contributed by atoms with Gasteiger partial charge in [-0.25, -0.2) is 8.78 Å². The molecule has 0 bridgehead atoms. The maximum absolute atomic E-state index is 14.8. The Morgan fingerprint density at radius 2 is 1.69 bits per heavy atom. The van der Waals surface area contributed by atoms with Crippen LogP contribution in [0.2, 0.25) is 0 Å². The lowest BCUT2D eigenvalue weighted by atomic mass is 10.0. The fourth-order valence-electron chi connectivity index (χ4n) is 3.37. The second-order valence-corrected chi connectivity index (χ2v) is 7.24. The summed E-state index contributed by atoms with van der Waals surface area (Å²) in [6, 6.07) is 11.5. The maximum atomic E-state index is 14.8. The highest BCUT2D eigenvalue weighted by Crippen LogP contribution is 2.25. The third kappa shape index (κ3) is 5.07. The molecule has 0 saturated heterocycles. The predicted octanol–water partition coefficient (Wildman–Crippen LogP) is 3.56. The summed E-state index contributed by atoms with van der Waals surface area (Å²) in [6.07, 6.45) is 1.54. The van der Waals surface area contributed by atoms with Crippen LogP contribution < -0.4 is 10.2 Å². The topological polar surface area (TPSA) is 83.8 Å². The zero-order chi connectivity index (χ0) is 23.3. The van der Waals surface area contributed by atoms with E-state index in [1.165, 1.54) is 25.3 Å². The van der Waals surface area contributed by atoms with Crippen molar-refractivity contribution in [1.82, 2.24) is 0 Å². The third-order valence-corrected chi connectivity index (χ3v) is 5.05. The van der Waals surface area contributed by atoms with Crippen LogP contribution in [0.3, 0.4) is 0 Å². The Morgan fingerprint density at radius 3 is 2.31 bits per heavy atom. The molecule has 2 N–H and O–H groups in total. The number of ether oxygens (including phenoxy) is 1. The Kier molecular flexibility index (Phi) is 7.45. The van der Waals surface area contributed by atoms with Crippen molar-refractivity contribution >= 4 is 16.6 Å². The van der Waals surface area contributed by atoms with Crippen LogP contribution in [0, 0.1) is 11.6 Å². The number of aliphatic hydroxyl groups is 2. The molecule has 1 atom stereocenters. The highest BCUT2D eigenvalue weighted by Gasteiger charge is 2.17. The zero-order valence-corrected chi connectivity index (χ0v) is 17.3. The standard InChI is InChI=1S/C25H22F2O5/c1-32-18-8-5-15(6-9-18)13-16-7-10-19(22(30)4-2-3-17(29)14-28)25(31)24-21(27)12-11-20(26)23(16)24/h2,4-12,17,28-29H,3,13-14H2,1H3/b4-2+. The normalized spacial score (nSPS) is 12.3. The van der Waals surface area contributed by atoms with Gasteiger partial charge in [0.25, 0.3) is 0 Å². The number of hydrogen-bond donors (Lipinski definition) is 2. The summed E-state index contributed by atoms with van der Waals surface area (Å²) < 4.78 is 34.6. The molecule has 166 valence electrons. The molecule has 0 heterocycles. The molecule has 3 aromatic rings. The summed E-state index contributed by atoms with van der Waals surface area (Å²) in [5.74, 6) is -1.76. The van der Waals surface area contributed by atoms with Crippen LogP contribution >= 0.6 is 0 Å². The SMILES string of the molecule is COc1ccc(Cc2ccc(C(=O)/C=C/CC(O)CO)c(=O)c3c(F)ccc(F)c23)cc1. The van der Waals surface area contributed by atoms with Crippen LogP contribution in [0.25, 0.3) is 10.8 Å². The molecule has 7 heteroatoms. The van der Waals surface area contributed by atoms with E-state index in [2.05, 4.69) is 0 Å². The molecular formula is C25H22F2O5. The summed E-state index contributed by atoms with van der Waals surface area (Å²) in [7, 11) is 1.53. The monoisotopic (exact) mass is 440 g/mol. The molecule has 0 fully saturated rings. The van der Waals surface area contributed by atoms with E-state index in [0.29, 0.717) is 11.3 Å². The van der Waals surface area contributed by atoms with E-state index in [1.807, 2.05) is 0 Å². The lowest BCUT2D eigenvalue weighted by Gasteiger charge is -2.06. The maximum Gasteiger partial charge on any atom is 0.200 e. The number of carbonyl (C=O) groups excluding carboxylic acids is 1. The first kappa shape index (κ1) is 23.2. The van der Waals surface area contributed by atoms with Gasteiger partial charge in [0, 0.05) is 5.39 Å². The summed E-state index contributed by atoms with van der Waals surface area (Å²) in [5.41, 5.74) is -0.122. The lowest BCUT2D eigenvalue weighted by molar-refractivity contribution is 0.0970. The lowest BCUT2D eigenvalue weighted by Crippen LogP contribution is -2.13. The minimum atomic E-state index is -1.04. The van der Waals surface area contributed by atoms with Crippen molar-refractivity contribution in [1.29, 1.82) is 0 Å². The van der Waals surface area contributed by atoms with Crippen molar-refractivity contribution in [2.45, 2.75) is 18.9 Å². The minimum Gasteiger partial charge on any atom is -0.497 e. The van der Waals surface area contributed by atoms with Crippen LogP contribution in [0.15, 0.2) is 65.5 Å². The first-order valence-corrected chi connectivity index (χ1v) is 9.92. The molecule has 3 rings (SSSR count). The van der Waals surface area contributed by atoms with Crippen LogP contribution in [0.1, 0.15) is 27.9 Å². The minimum absolute atomic E-state index is 0.00183. The van der Waals surface area contributed by atoms with Gasteiger partial charge in [-0.3, -0.25) is 9.59 Å². The van der Waals surface area contributed by atoms with E-state index in [1.54, 1.807) is 24.3 Å². The van der Waals surface area contributed by atoms with E-state index in [0.717, 1.165) is 23.8 Å². The molecular weight excluding hydrogens is 418 g/mol. The molecule has 5 nitrogen and oxygen atoms in total. The molecule has 0 saturated carbocycles. The fourth-order valence-corrected chi connectivity index (χ4v) is 3.37. The average Bonchev–Trinajstić information content (AvgIpc) is 2.94. The molecule has 0 amide bonds. The Morgan fingerprint density at radius 1 is 1.03 bits per heavy atom. The van der Waals surface area contributed by atoms with Crippen LogP contribution in [-0.4, -0.2) is 35.8 Å². The molecule has 0 aliphatic carbocycles. The van der Waals surface area contributed by atoms with Gasteiger partial charge in [-0.2, -0.15) is 0 Å². The van der Waals surface area contributed by atoms with Gasteiger partial charge in [0.2, 0.25) is 5.43 Å². The van der Waals surface area contributed by atoms with E-state index < -0.39 is 40.9 Å². The molecule has 32 heavy (non-hydrogen) atoms. The van der Waals surface area contributed by atoms with Crippen molar-refractivity contribution < 1.29 is 28.5 Å². The molecule has 0 radical (unpaired) electrons. The van der Waals surface area contributed by atoms with Crippen LogP contribution in [0.4, 0.5) is 8.78 Å².